The van der Waals surface area contributed by atoms with Crippen LogP contribution in [0.5, 0.6) is 0 Å². The zero-order valence-electron chi connectivity index (χ0n) is 11.0. The summed E-state index contributed by atoms with van der Waals surface area (Å²) in [5.74, 6) is -0.328. The highest BCUT2D eigenvalue weighted by atomic mass is 19.1. The lowest BCUT2D eigenvalue weighted by atomic mass is 9.66. The maximum absolute atomic E-state index is 13.2. The van der Waals surface area contributed by atoms with E-state index in [4.69, 9.17) is 4.74 Å². The molecule has 1 saturated heterocycles. The molecular formula is C15H18FNO2. The lowest BCUT2D eigenvalue weighted by Crippen LogP contribution is -2.50. The first-order valence-electron chi connectivity index (χ1n) is 6.45. The largest absolute Gasteiger partial charge is 0.388 e. The van der Waals surface area contributed by atoms with Crippen LogP contribution in [0, 0.1) is 22.6 Å². The second-order valence-electron chi connectivity index (χ2n) is 5.39. The summed E-state index contributed by atoms with van der Waals surface area (Å²) in [5.41, 5.74) is -1.32. The molecule has 1 aromatic carbocycles. The quantitative estimate of drug-likeness (QED) is 0.911. The van der Waals surface area contributed by atoms with Gasteiger partial charge in [-0.05, 0) is 37.5 Å². The number of ether oxygens (including phenoxy) is 1. The van der Waals surface area contributed by atoms with E-state index in [-0.39, 0.29) is 12.2 Å². The average molecular weight is 263 g/mol. The Morgan fingerprint density at radius 1 is 1.47 bits per heavy atom. The van der Waals surface area contributed by atoms with Crippen molar-refractivity contribution >= 4 is 0 Å². The van der Waals surface area contributed by atoms with Gasteiger partial charge >= 0.3 is 0 Å². The topological polar surface area (TPSA) is 53.2 Å². The number of benzene rings is 1. The second-order valence-corrected chi connectivity index (χ2v) is 5.39. The molecule has 3 nitrogen and oxygen atoms in total. The highest BCUT2D eigenvalue weighted by molar-refractivity contribution is 5.22. The molecule has 1 aliphatic heterocycles. The summed E-state index contributed by atoms with van der Waals surface area (Å²) >= 11 is 0. The summed E-state index contributed by atoms with van der Waals surface area (Å²) < 4.78 is 18.5. The van der Waals surface area contributed by atoms with E-state index < -0.39 is 11.0 Å². The number of aliphatic hydroxyl groups is 1. The van der Waals surface area contributed by atoms with Gasteiger partial charge in [0, 0.05) is 19.6 Å². The van der Waals surface area contributed by atoms with Gasteiger partial charge in [-0.3, -0.25) is 0 Å². The van der Waals surface area contributed by atoms with E-state index in [9.17, 15) is 14.8 Å². The third kappa shape index (κ3) is 2.78. The first-order chi connectivity index (χ1) is 8.99. The summed E-state index contributed by atoms with van der Waals surface area (Å²) in [6.07, 6.45) is 1.27. The van der Waals surface area contributed by atoms with Gasteiger partial charge in [0.2, 0.25) is 0 Å². The van der Waals surface area contributed by atoms with Crippen LogP contribution in [-0.4, -0.2) is 23.9 Å². The first-order valence-corrected chi connectivity index (χ1v) is 6.45. The maximum atomic E-state index is 13.2. The zero-order valence-corrected chi connectivity index (χ0v) is 11.0. The van der Waals surface area contributed by atoms with E-state index in [1.165, 1.54) is 12.1 Å². The molecule has 0 saturated carbocycles. The standard InChI is InChI=1S/C15H18FNO2/c1-14(18,10-12-3-2-4-13(16)9-12)15(11-17)5-7-19-8-6-15/h2-4,9,18H,5-8,10H2,1H3. The first kappa shape index (κ1) is 14.0. The van der Waals surface area contributed by atoms with Crippen molar-refractivity contribution in [1.82, 2.24) is 0 Å². The van der Waals surface area contributed by atoms with Crippen LogP contribution in [-0.2, 0) is 11.2 Å². The maximum Gasteiger partial charge on any atom is 0.123 e. The highest BCUT2D eigenvalue weighted by Gasteiger charge is 2.48. The number of nitriles is 1. The van der Waals surface area contributed by atoms with Crippen molar-refractivity contribution in [2.45, 2.75) is 31.8 Å². The summed E-state index contributed by atoms with van der Waals surface area (Å²) in [4.78, 5) is 0. The van der Waals surface area contributed by atoms with Gasteiger partial charge in [-0.25, -0.2) is 4.39 Å². The molecule has 0 radical (unpaired) electrons. The van der Waals surface area contributed by atoms with Crippen LogP contribution >= 0.6 is 0 Å². The van der Waals surface area contributed by atoms with Gasteiger partial charge in [0.15, 0.2) is 0 Å². The van der Waals surface area contributed by atoms with Crippen LogP contribution in [0.25, 0.3) is 0 Å². The molecule has 19 heavy (non-hydrogen) atoms. The van der Waals surface area contributed by atoms with Crippen LogP contribution in [0.3, 0.4) is 0 Å². The van der Waals surface area contributed by atoms with Crippen LogP contribution in [0.2, 0.25) is 0 Å². The van der Waals surface area contributed by atoms with Crippen LogP contribution < -0.4 is 0 Å². The van der Waals surface area contributed by atoms with Crippen molar-refractivity contribution < 1.29 is 14.2 Å². The minimum Gasteiger partial charge on any atom is -0.388 e. The molecule has 0 aromatic heterocycles. The summed E-state index contributed by atoms with van der Waals surface area (Å²) in [7, 11) is 0. The summed E-state index contributed by atoms with van der Waals surface area (Å²) in [6, 6.07) is 8.42. The van der Waals surface area contributed by atoms with Crippen molar-refractivity contribution in [3.8, 4) is 6.07 Å². The van der Waals surface area contributed by atoms with E-state index in [2.05, 4.69) is 6.07 Å². The molecule has 0 amide bonds. The normalized spacial score (nSPS) is 21.4. The Balaban J connectivity index is 2.23. The van der Waals surface area contributed by atoms with E-state index in [0.717, 1.165) is 0 Å². The van der Waals surface area contributed by atoms with Crippen LogP contribution in [0.1, 0.15) is 25.3 Å². The van der Waals surface area contributed by atoms with Gasteiger partial charge in [-0.2, -0.15) is 5.26 Å². The Kier molecular flexibility index (Phi) is 3.88. The molecule has 4 heteroatoms. The van der Waals surface area contributed by atoms with Gasteiger partial charge in [0.1, 0.15) is 5.82 Å². The van der Waals surface area contributed by atoms with Crippen LogP contribution in [0.4, 0.5) is 4.39 Å². The lowest BCUT2D eigenvalue weighted by Gasteiger charge is -2.42. The number of rotatable bonds is 3. The molecular weight excluding hydrogens is 245 g/mol. The smallest absolute Gasteiger partial charge is 0.123 e. The van der Waals surface area contributed by atoms with Crippen molar-refractivity contribution in [2.75, 3.05) is 13.2 Å². The highest BCUT2D eigenvalue weighted by Crippen LogP contribution is 2.42. The summed E-state index contributed by atoms with van der Waals surface area (Å²) in [5, 5.41) is 20.2. The van der Waals surface area contributed by atoms with E-state index in [1.54, 1.807) is 19.1 Å². The molecule has 1 fully saturated rings. The van der Waals surface area contributed by atoms with Gasteiger partial charge in [-0.15, -0.1) is 0 Å². The summed E-state index contributed by atoms with van der Waals surface area (Å²) in [6.45, 7) is 2.62. The molecule has 1 atom stereocenters. The molecule has 1 N–H and O–H groups in total. The monoisotopic (exact) mass is 263 g/mol. The number of halogens is 1. The Bertz CT molecular complexity index is 487. The average Bonchev–Trinajstić information content (AvgIpc) is 2.39. The van der Waals surface area contributed by atoms with Gasteiger partial charge in [0.25, 0.3) is 0 Å². The third-order valence-electron chi connectivity index (χ3n) is 4.03. The molecule has 0 bridgehead atoms. The number of nitrogens with zero attached hydrogens (tertiary/aromatic N) is 1. The molecule has 1 aromatic rings. The van der Waals surface area contributed by atoms with Crippen molar-refractivity contribution in [2.24, 2.45) is 5.41 Å². The molecule has 1 unspecified atom stereocenters. The number of hydrogen-bond donors (Lipinski definition) is 1. The Hall–Kier alpha value is -1.44. The van der Waals surface area contributed by atoms with Crippen molar-refractivity contribution in [3.05, 3.63) is 35.6 Å². The molecule has 2 rings (SSSR count). The van der Waals surface area contributed by atoms with Crippen molar-refractivity contribution in [3.63, 3.8) is 0 Å². The Morgan fingerprint density at radius 3 is 2.74 bits per heavy atom. The van der Waals surface area contributed by atoms with E-state index >= 15 is 0 Å². The van der Waals surface area contributed by atoms with Crippen LogP contribution in [0.15, 0.2) is 24.3 Å². The fraction of sp³-hybridized carbons (Fsp3) is 0.533. The predicted molar refractivity (Wildman–Crippen MR) is 68.8 cm³/mol. The molecule has 1 heterocycles. The Labute approximate surface area is 112 Å². The third-order valence-corrected chi connectivity index (χ3v) is 4.03. The molecule has 0 aliphatic carbocycles. The zero-order chi connectivity index (χ0) is 13.9. The number of hydrogen-bond acceptors (Lipinski definition) is 3. The van der Waals surface area contributed by atoms with E-state index in [1.807, 2.05) is 0 Å². The minimum atomic E-state index is -1.20. The molecule has 102 valence electrons. The second kappa shape index (κ2) is 5.28. The Morgan fingerprint density at radius 2 is 2.16 bits per heavy atom. The molecule has 0 spiro atoms. The SMILES string of the molecule is CC(O)(Cc1cccc(F)c1)C1(C#N)CCOCC1. The molecule has 1 aliphatic rings. The van der Waals surface area contributed by atoms with Gasteiger partial charge in [0.05, 0.1) is 17.1 Å². The predicted octanol–water partition coefficient (Wildman–Crippen LogP) is 2.44. The fourth-order valence-electron chi connectivity index (χ4n) is 2.70. The van der Waals surface area contributed by atoms with Gasteiger partial charge < -0.3 is 9.84 Å². The fourth-order valence-corrected chi connectivity index (χ4v) is 2.70. The lowest BCUT2D eigenvalue weighted by molar-refractivity contribution is -0.0917. The van der Waals surface area contributed by atoms with Gasteiger partial charge in [-0.1, -0.05) is 12.1 Å². The van der Waals surface area contributed by atoms with Crippen molar-refractivity contribution in [1.29, 1.82) is 5.26 Å². The van der Waals surface area contributed by atoms with E-state index in [0.29, 0.717) is 31.6 Å². The minimum absolute atomic E-state index is 0.262.